The van der Waals surface area contributed by atoms with Gasteiger partial charge in [-0.15, -0.1) is 0 Å². The number of hydrogen-bond donors (Lipinski definition) is 1. The Bertz CT molecular complexity index is 959. The molecule has 9 heteroatoms. The average molecular weight is 449 g/mol. The number of ether oxygens (including phenoxy) is 1. The minimum atomic E-state index is -0.958. The van der Waals surface area contributed by atoms with E-state index in [9.17, 15) is 14.7 Å². The molecule has 2 N–H and O–H groups in total. The van der Waals surface area contributed by atoms with Gasteiger partial charge < -0.3 is 25.3 Å². The van der Waals surface area contributed by atoms with Gasteiger partial charge in [-0.3, -0.25) is 4.79 Å². The molecule has 31 heavy (non-hydrogen) atoms. The maximum Gasteiger partial charge on any atom is 1.00 e. The van der Waals surface area contributed by atoms with Gasteiger partial charge in [0.1, 0.15) is 11.4 Å². The molecule has 2 aliphatic rings. The van der Waals surface area contributed by atoms with E-state index in [0.29, 0.717) is 30.1 Å². The van der Waals surface area contributed by atoms with Crippen molar-refractivity contribution in [2.45, 2.75) is 44.4 Å². The van der Waals surface area contributed by atoms with Crippen molar-refractivity contribution in [2.75, 3.05) is 24.3 Å². The molecule has 1 fully saturated rings. The van der Waals surface area contributed by atoms with Crippen LogP contribution in [-0.4, -0.2) is 35.5 Å². The fourth-order valence-electron chi connectivity index (χ4n) is 4.57. The molecule has 1 amide bonds. The van der Waals surface area contributed by atoms with Crippen molar-refractivity contribution in [1.29, 1.82) is 0 Å². The van der Waals surface area contributed by atoms with E-state index in [-0.39, 0.29) is 81.5 Å². The molecule has 1 aromatic heterocycles. The third-order valence-corrected chi connectivity index (χ3v) is 6.18. The topological polar surface area (TPSA) is 121 Å². The van der Waals surface area contributed by atoms with Crippen LogP contribution in [0.15, 0.2) is 24.3 Å². The predicted octanol–water partition coefficient (Wildman–Crippen LogP) is -1.31. The maximum absolute atomic E-state index is 13.0. The van der Waals surface area contributed by atoms with Gasteiger partial charge in [-0.05, 0) is 61.6 Å². The second-order valence-electron chi connectivity index (χ2n) is 8.01. The minimum Gasteiger partial charge on any atom is -0.550 e. The normalized spacial score (nSPS) is 20.5. The van der Waals surface area contributed by atoms with E-state index < -0.39 is 5.97 Å². The molecular weight excluding hydrogens is 423 g/mol. The van der Waals surface area contributed by atoms with Gasteiger partial charge in [0.15, 0.2) is 0 Å². The minimum absolute atomic E-state index is 0. The molecule has 0 atom stereocenters. The summed E-state index contributed by atoms with van der Waals surface area (Å²) in [5, 5.41) is 10.8. The second-order valence-corrected chi connectivity index (χ2v) is 8.01. The van der Waals surface area contributed by atoms with Crippen LogP contribution < -0.4 is 71.9 Å². The number of carboxylic acid groups (broad SMARTS) is 1. The molecule has 0 saturated heterocycles. The van der Waals surface area contributed by atoms with Gasteiger partial charge in [-0.2, -0.15) is 9.97 Å². The molecule has 8 nitrogen and oxygen atoms in total. The summed E-state index contributed by atoms with van der Waals surface area (Å²) in [7, 11) is 1.47. The molecule has 1 aromatic carbocycles. The number of hydrogen-bond acceptors (Lipinski definition) is 7. The van der Waals surface area contributed by atoms with E-state index in [1.54, 1.807) is 4.90 Å². The van der Waals surface area contributed by atoms with Crippen LogP contribution in [0.4, 0.5) is 11.5 Å². The van der Waals surface area contributed by atoms with Crippen molar-refractivity contribution in [3.05, 3.63) is 41.1 Å². The number of fused-ring (bicyclic) bond motifs is 1. The Hall–Kier alpha value is -1.52. The molecule has 1 aliphatic heterocycles. The van der Waals surface area contributed by atoms with Crippen LogP contribution in [0.3, 0.4) is 0 Å². The number of carbonyl (C=O) groups excluding carboxylic acids is 2. The summed E-state index contributed by atoms with van der Waals surface area (Å²) in [5.74, 6) is -0.377. The Kier molecular flexibility index (Phi) is 8.09. The molecule has 0 radical (unpaired) electrons. The number of methoxy groups -OCH3 is 1. The van der Waals surface area contributed by atoms with Gasteiger partial charge in [0.25, 0.3) is 5.91 Å². The number of anilines is 2. The number of nitrogens with zero attached hydrogens (tertiary/aromatic N) is 3. The number of benzene rings is 1. The third-order valence-electron chi connectivity index (χ3n) is 6.18. The zero-order valence-electron chi connectivity index (χ0n) is 18.0. The van der Waals surface area contributed by atoms with E-state index in [1.165, 1.54) is 12.7 Å². The Balaban J connectivity index is 0.00000272. The summed E-state index contributed by atoms with van der Waals surface area (Å²) >= 11 is 0. The number of nitrogen functional groups attached to an aromatic ring is 1. The largest absolute Gasteiger partial charge is 1.00 e. The van der Waals surface area contributed by atoms with Crippen LogP contribution >= 0.6 is 0 Å². The first-order valence-corrected chi connectivity index (χ1v) is 10.3. The zero-order chi connectivity index (χ0) is 21.3. The first-order valence-electron chi connectivity index (χ1n) is 10.3. The summed E-state index contributed by atoms with van der Waals surface area (Å²) in [6.45, 7) is 0.513. The standard InChI is InChI=1S/C22H26N4O4.K/c1-30-22-24-17-10-11-26(21(29)19(17)20(23)25-22)16-8-6-15(7-9-16)14-4-2-13(3-5-14)12-18(27)28;/h6-9,13-14H,2-5,10-12H2,1H3,(H,27,28)(H2,23,24,25);/q;+1/p-1. The first-order chi connectivity index (χ1) is 14.5. The first kappa shape index (κ1) is 24.1. The van der Waals surface area contributed by atoms with Crippen molar-refractivity contribution in [2.24, 2.45) is 5.92 Å². The van der Waals surface area contributed by atoms with Crippen molar-refractivity contribution in [1.82, 2.24) is 9.97 Å². The van der Waals surface area contributed by atoms with Crippen molar-refractivity contribution < 1.29 is 70.8 Å². The molecule has 1 saturated carbocycles. The Morgan fingerprint density at radius 1 is 1.19 bits per heavy atom. The van der Waals surface area contributed by atoms with Crippen LogP contribution in [0.2, 0.25) is 0 Å². The maximum atomic E-state index is 13.0. The summed E-state index contributed by atoms with van der Waals surface area (Å²) < 4.78 is 5.04. The monoisotopic (exact) mass is 448 g/mol. The molecule has 0 unspecified atom stereocenters. The van der Waals surface area contributed by atoms with Gasteiger partial charge >= 0.3 is 57.4 Å². The molecule has 2 aromatic rings. The summed E-state index contributed by atoms with van der Waals surface area (Å²) in [5.41, 5.74) is 8.99. The van der Waals surface area contributed by atoms with Gasteiger partial charge in [0, 0.05) is 24.6 Å². The van der Waals surface area contributed by atoms with Gasteiger partial charge in [0.2, 0.25) is 0 Å². The van der Waals surface area contributed by atoms with E-state index >= 15 is 0 Å². The number of amides is 1. The van der Waals surface area contributed by atoms with Crippen LogP contribution in [0.5, 0.6) is 6.01 Å². The average Bonchev–Trinajstić information content (AvgIpc) is 2.74. The van der Waals surface area contributed by atoms with E-state index in [0.717, 1.165) is 31.4 Å². The Labute approximate surface area is 224 Å². The van der Waals surface area contributed by atoms with Crippen LogP contribution in [0.25, 0.3) is 0 Å². The number of nitrogens with two attached hydrogens (primary N) is 1. The number of rotatable bonds is 5. The van der Waals surface area contributed by atoms with Crippen molar-refractivity contribution >= 4 is 23.4 Å². The van der Waals surface area contributed by atoms with Crippen molar-refractivity contribution in [3.8, 4) is 6.01 Å². The molecular formula is C22H25KN4O4. The van der Waals surface area contributed by atoms with Gasteiger partial charge in [-0.25, -0.2) is 0 Å². The smallest absolute Gasteiger partial charge is 0.550 e. The van der Waals surface area contributed by atoms with Crippen LogP contribution in [0, 0.1) is 5.92 Å². The number of carbonyl (C=O) groups is 2. The van der Waals surface area contributed by atoms with E-state index in [4.69, 9.17) is 10.5 Å². The van der Waals surface area contributed by atoms with Crippen LogP contribution in [0.1, 0.15) is 59.6 Å². The summed E-state index contributed by atoms with van der Waals surface area (Å²) in [4.78, 5) is 33.8. The molecule has 4 rings (SSSR count). The third kappa shape index (κ3) is 5.28. The predicted molar refractivity (Wildman–Crippen MR) is 109 cm³/mol. The van der Waals surface area contributed by atoms with Gasteiger partial charge in [-0.1, -0.05) is 12.1 Å². The molecule has 2 heterocycles. The number of carboxylic acids is 1. The van der Waals surface area contributed by atoms with Crippen LogP contribution in [-0.2, 0) is 11.2 Å². The quantitative estimate of drug-likeness (QED) is 0.564. The van der Waals surface area contributed by atoms with E-state index in [2.05, 4.69) is 22.1 Å². The van der Waals surface area contributed by atoms with Crippen molar-refractivity contribution in [3.63, 3.8) is 0 Å². The number of aliphatic carboxylic acids is 1. The number of aromatic nitrogens is 2. The molecule has 158 valence electrons. The summed E-state index contributed by atoms with van der Waals surface area (Å²) in [6.07, 6.45) is 4.50. The Morgan fingerprint density at radius 2 is 1.87 bits per heavy atom. The zero-order valence-corrected chi connectivity index (χ0v) is 21.1. The Morgan fingerprint density at radius 3 is 2.48 bits per heavy atom. The second kappa shape index (κ2) is 10.4. The molecule has 0 bridgehead atoms. The fourth-order valence-corrected chi connectivity index (χ4v) is 4.57. The SMILES string of the molecule is COc1nc(N)c2c(n1)CCN(c1ccc(C3CCC(CC(=O)[O-])CC3)cc1)C2=O.[K+]. The summed E-state index contributed by atoms with van der Waals surface area (Å²) in [6, 6.07) is 8.23. The fraction of sp³-hybridized carbons (Fsp3) is 0.455. The molecule has 0 spiro atoms. The molecule has 1 aliphatic carbocycles. The van der Waals surface area contributed by atoms with Gasteiger partial charge in [0.05, 0.1) is 12.8 Å². The van der Waals surface area contributed by atoms with E-state index in [1.807, 2.05) is 12.1 Å².